The molecule has 1 saturated carbocycles. The molecule has 0 saturated heterocycles. The van der Waals surface area contributed by atoms with Crippen LogP contribution in [0.4, 0.5) is 0 Å². The van der Waals surface area contributed by atoms with Gasteiger partial charge < -0.3 is 14.3 Å². The van der Waals surface area contributed by atoms with Gasteiger partial charge in [-0.3, -0.25) is 4.79 Å². The number of carbonyl (C=O) groups is 1. The Balaban J connectivity index is 1.74. The van der Waals surface area contributed by atoms with E-state index in [1.54, 1.807) is 50.6 Å². The van der Waals surface area contributed by atoms with E-state index in [9.17, 15) is 9.59 Å². The van der Waals surface area contributed by atoms with E-state index in [1.807, 2.05) is 6.07 Å². The predicted octanol–water partition coefficient (Wildman–Crippen LogP) is 4.64. The van der Waals surface area contributed by atoms with Gasteiger partial charge in [0.05, 0.1) is 31.0 Å². The smallest absolute Gasteiger partial charge is 0.336 e. The molecule has 4 rings (SSSR count). The second-order valence-corrected chi connectivity index (χ2v) is 8.57. The summed E-state index contributed by atoms with van der Waals surface area (Å²) in [6.07, 6.45) is 5.93. The number of aromatic nitrogens is 2. The van der Waals surface area contributed by atoms with Crippen molar-refractivity contribution >= 4 is 16.9 Å². The molecule has 0 spiro atoms. The fourth-order valence-corrected chi connectivity index (χ4v) is 4.58. The predicted molar refractivity (Wildman–Crippen MR) is 126 cm³/mol. The van der Waals surface area contributed by atoms with Gasteiger partial charge >= 0.3 is 5.97 Å². The maximum atomic E-state index is 13.4. The number of nitrogens with zero attached hydrogens (tertiary/aromatic N) is 2. The number of rotatable bonds is 7. The summed E-state index contributed by atoms with van der Waals surface area (Å²) in [5.74, 6) is 1.37. The maximum absolute atomic E-state index is 13.4. The molecule has 2 aromatic carbocycles. The van der Waals surface area contributed by atoms with Crippen LogP contribution in [0.25, 0.3) is 22.3 Å². The third-order valence-corrected chi connectivity index (χ3v) is 6.41. The van der Waals surface area contributed by atoms with Gasteiger partial charge in [0.1, 0.15) is 11.5 Å². The van der Waals surface area contributed by atoms with Gasteiger partial charge in [-0.25, -0.2) is 9.78 Å². The fourth-order valence-electron chi connectivity index (χ4n) is 4.58. The van der Waals surface area contributed by atoms with Crippen molar-refractivity contribution in [3.63, 3.8) is 0 Å². The monoisotopic (exact) mass is 450 g/mol. The molecule has 3 aromatic rings. The number of hydrogen-bond acceptors (Lipinski definition) is 6. The quantitative estimate of drug-likeness (QED) is 0.522. The highest BCUT2D eigenvalue weighted by Crippen LogP contribution is 2.32. The summed E-state index contributed by atoms with van der Waals surface area (Å²) >= 11 is 0. The largest absolute Gasteiger partial charge is 0.497 e. The molecule has 1 aromatic heterocycles. The van der Waals surface area contributed by atoms with Crippen molar-refractivity contribution in [1.82, 2.24) is 9.71 Å². The van der Waals surface area contributed by atoms with Crippen LogP contribution in [0.2, 0.25) is 0 Å². The minimum atomic E-state index is -0.426. The Morgan fingerprint density at radius 3 is 2.33 bits per heavy atom. The Bertz CT molecular complexity index is 1170. The molecule has 0 amide bonds. The summed E-state index contributed by atoms with van der Waals surface area (Å²) in [4.78, 5) is 36.9. The first kappa shape index (κ1) is 22.8. The van der Waals surface area contributed by atoms with Crippen LogP contribution >= 0.6 is 0 Å². The third-order valence-electron chi connectivity index (χ3n) is 6.41. The van der Waals surface area contributed by atoms with Crippen molar-refractivity contribution in [3.05, 3.63) is 52.8 Å². The van der Waals surface area contributed by atoms with E-state index >= 15 is 0 Å². The van der Waals surface area contributed by atoms with E-state index in [4.69, 9.17) is 14.3 Å². The zero-order valence-corrected chi connectivity index (χ0v) is 19.4. The van der Waals surface area contributed by atoms with Crippen molar-refractivity contribution < 1.29 is 19.1 Å². The van der Waals surface area contributed by atoms with Crippen molar-refractivity contribution in [2.24, 2.45) is 11.8 Å². The van der Waals surface area contributed by atoms with Crippen LogP contribution in [-0.4, -0.2) is 29.9 Å². The van der Waals surface area contributed by atoms with E-state index in [1.165, 1.54) is 6.42 Å². The van der Waals surface area contributed by atoms with Crippen LogP contribution in [0.3, 0.4) is 0 Å². The molecule has 0 radical (unpaired) electrons. The molecule has 0 bridgehead atoms. The van der Waals surface area contributed by atoms with Crippen LogP contribution in [-0.2, 0) is 4.79 Å². The van der Waals surface area contributed by atoms with Gasteiger partial charge in [0.25, 0.3) is 5.56 Å². The number of methoxy groups -OCH3 is 2. The summed E-state index contributed by atoms with van der Waals surface area (Å²) in [5.41, 5.74) is 0.644. The highest BCUT2D eigenvalue weighted by atomic mass is 16.7. The second kappa shape index (κ2) is 10.1. The van der Waals surface area contributed by atoms with Crippen LogP contribution in [0.5, 0.6) is 11.5 Å². The van der Waals surface area contributed by atoms with Gasteiger partial charge in [-0.1, -0.05) is 31.9 Å². The molecule has 0 aliphatic heterocycles. The van der Waals surface area contributed by atoms with Gasteiger partial charge in [-0.2, -0.15) is 0 Å². The van der Waals surface area contributed by atoms with Gasteiger partial charge in [-0.15, -0.1) is 4.73 Å². The topological polar surface area (TPSA) is 79.7 Å². The Morgan fingerprint density at radius 2 is 1.70 bits per heavy atom. The molecule has 7 heteroatoms. The van der Waals surface area contributed by atoms with E-state index < -0.39 is 5.56 Å². The first-order chi connectivity index (χ1) is 16.0. The van der Waals surface area contributed by atoms with E-state index in [2.05, 4.69) is 11.9 Å². The van der Waals surface area contributed by atoms with E-state index in [-0.39, 0.29) is 17.7 Å². The number of ether oxygens (including phenoxy) is 2. The zero-order chi connectivity index (χ0) is 23.4. The summed E-state index contributed by atoms with van der Waals surface area (Å²) in [6.45, 7) is 2.19. The Kier molecular flexibility index (Phi) is 6.96. The number of fused-ring (bicyclic) bond motifs is 1. The summed E-state index contributed by atoms with van der Waals surface area (Å²) in [6, 6.07) is 12.2. The Labute approximate surface area is 193 Å². The normalized spacial score (nSPS) is 18.2. The Hall–Kier alpha value is -3.35. The van der Waals surface area contributed by atoms with Crippen LogP contribution < -0.4 is 19.9 Å². The summed E-state index contributed by atoms with van der Waals surface area (Å²) < 4.78 is 11.8. The third kappa shape index (κ3) is 4.87. The molecule has 33 heavy (non-hydrogen) atoms. The second-order valence-electron chi connectivity index (χ2n) is 8.57. The van der Waals surface area contributed by atoms with Crippen LogP contribution in [0.1, 0.15) is 45.4 Å². The molecule has 1 heterocycles. The zero-order valence-electron chi connectivity index (χ0n) is 19.4. The Morgan fingerprint density at radius 1 is 1.03 bits per heavy atom. The van der Waals surface area contributed by atoms with Crippen LogP contribution in [0.15, 0.2) is 47.3 Å². The first-order valence-electron chi connectivity index (χ1n) is 11.5. The summed E-state index contributed by atoms with van der Waals surface area (Å²) in [7, 11) is 3.10. The molecular formula is C26H30N2O5. The number of carbonyl (C=O) groups excluding carboxylic acids is 1. The van der Waals surface area contributed by atoms with E-state index in [0.717, 1.165) is 36.8 Å². The lowest BCUT2D eigenvalue weighted by Gasteiger charge is -2.27. The average molecular weight is 451 g/mol. The molecular weight excluding hydrogens is 420 g/mol. The highest BCUT2D eigenvalue weighted by Gasteiger charge is 2.29. The fraction of sp³-hybridized carbons (Fsp3) is 0.423. The lowest BCUT2D eigenvalue weighted by Crippen LogP contribution is -2.37. The number of benzene rings is 2. The average Bonchev–Trinajstić information content (AvgIpc) is 2.85. The molecule has 0 N–H and O–H groups in total. The lowest BCUT2D eigenvalue weighted by atomic mass is 9.80. The first-order valence-corrected chi connectivity index (χ1v) is 11.5. The lowest BCUT2D eigenvalue weighted by molar-refractivity contribution is -0.150. The van der Waals surface area contributed by atoms with Crippen LogP contribution in [0, 0.1) is 11.8 Å². The maximum Gasteiger partial charge on any atom is 0.336 e. The highest BCUT2D eigenvalue weighted by molar-refractivity contribution is 5.80. The van der Waals surface area contributed by atoms with Gasteiger partial charge in [-0.05, 0) is 55.9 Å². The van der Waals surface area contributed by atoms with E-state index in [0.29, 0.717) is 33.9 Å². The molecule has 1 aliphatic carbocycles. The molecule has 174 valence electrons. The minimum Gasteiger partial charge on any atom is -0.497 e. The van der Waals surface area contributed by atoms with Gasteiger partial charge in [0.15, 0.2) is 5.82 Å². The van der Waals surface area contributed by atoms with Crippen molar-refractivity contribution in [2.75, 3.05) is 14.2 Å². The summed E-state index contributed by atoms with van der Waals surface area (Å²) in [5, 5.41) is 0.385. The molecule has 0 unspecified atom stereocenters. The van der Waals surface area contributed by atoms with Crippen molar-refractivity contribution in [2.45, 2.75) is 45.4 Å². The van der Waals surface area contributed by atoms with Gasteiger partial charge in [0.2, 0.25) is 0 Å². The number of hydrogen-bond donors (Lipinski definition) is 0. The number of para-hydroxylation sites is 1. The SMILES string of the molecule is CCCC1CCC(C(=O)On2c(-c3cc(OC)cc(OC)c3)nc3ccccc3c2=O)CC1. The standard InChI is InChI=1S/C26H30N2O5/c1-4-7-17-10-12-18(13-11-17)26(30)33-28-24(19-14-20(31-2)16-21(15-19)32-3)27-23-9-6-5-8-22(23)25(28)29/h5-6,8-9,14-18H,4,7,10-13H2,1-3H3. The van der Waals surface area contributed by atoms with Gasteiger partial charge in [0, 0.05) is 11.6 Å². The minimum absolute atomic E-state index is 0.218. The molecule has 0 atom stereocenters. The van der Waals surface area contributed by atoms with Crippen molar-refractivity contribution in [1.29, 1.82) is 0 Å². The molecule has 1 aliphatic rings. The molecule has 7 nitrogen and oxygen atoms in total. The van der Waals surface area contributed by atoms with Crippen molar-refractivity contribution in [3.8, 4) is 22.9 Å². The molecule has 1 fully saturated rings.